The Morgan fingerprint density at radius 3 is 2.96 bits per heavy atom. The predicted octanol–water partition coefficient (Wildman–Crippen LogP) is 2.95. The fourth-order valence-electron chi connectivity index (χ4n) is 3.01. The molecular weight excluding hydrogens is 346 g/mol. The molecule has 2 amide bonds. The number of rotatable bonds is 7. The molecule has 2 heterocycles. The van der Waals surface area contributed by atoms with Crippen LogP contribution in [0, 0.1) is 0 Å². The Morgan fingerprint density at radius 2 is 2.19 bits per heavy atom. The van der Waals surface area contributed by atoms with E-state index in [4.69, 9.17) is 14.2 Å². The summed E-state index contributed by atoms with van der Waals surface area (Å²) in [6.45, 7) is 3.15. The zero-order valence-corrected chi connectivity index (χ0v) is 15.3. The van der Waals surface area contributed by atoms with Crippen molar-refractivity contribution in [3.8, 4) is 17.2 Å². The molecule has 1 aliphatic carbocycles. The number of hydrogen-bond acceptors (Lipinski definition) is 5. The second kappa shape index (κ2) is 7.73. The van der Waals surface area contributed by atoms with Crippen molar-refractivity contribution in [3.05, 3.63) is 48.3 Å². The fraction of sp³-hybridized carbons (Fsp3) is 0.400. The number of nitrogens with zero attached hydrogens (tertiary/aromatic N) is 2. The number of fused-ring (bicyclic) bond motifs is 1. The highest BCUT2D eigenvalue weighted by Gasteiger charge is 2.33. The van der Waals surface area contributed by atoms with Crippen LogP contribution in [0.3, 0.4) is 0 Å². The molecule has 2 aromatic rings. The molecule has 0 bridgehead atoms. The van der Waals surface area contributed by atoms with Gasteiger partial charge in [0.2, 0.25) is 6.79 Å². The zero-order valence-electron chi connectivity index (χ0n) is 15.3. The average molecular weight is 369 g/mol. The number of amides is 2. The van der Waals surface area contributed by atoms with Crippen LogP contribution in [0.15, 0.2) is 42.7 Å². The molecule has 1 aromatic carbocycles. The van der Waals surface area contributed by atoms with Crippen LogP contribution in [0.5, 0.6) is 17.2 Å². The standard InChI is InChI=1S/C20H23N3O4/c1-14(27-17-3-2-8-21-11-17)10-22-20(24)23(16-5-6-16)12-15-4-7-18-19(9-15)26-13-25-18/h2-4,7-9,11,14,16H,5-6,10,12-13H2,1H3,(H,22,24)/t14-/m0/s1. The lowest BCUT2D eigenvalue weighted by atomic mass is 10.2. The summed E-state index contributed by atoms with van der Waals surface area (Å²) in [6.07, 6.45) is 5.29. The molecule has 7 nitrogen and oxygen atoms in total. The maximum atomic E-state index is 12.7. The number of aromatic nitrogens is 1. The van der Waals surface area contributed by atoms with Crippen LogP contribution in [0.2, 0.25) is 0 Å². The first-order chi connectivity index (χ1) is 13.2. The van der Waals surface area contributed by atoms with Gasteiger partial charge in [-0.25, -0.2) is 4.79 Å². The molecule has 2 aliphatic rings. The average Bonchev–Trinajstić information content (AvgIpc) is 3.42. The molecule has 0 radical (unpaired) electrons. The van der Waals surface area contributed by atoms with E-state index < -0.39 is 0 Å². The van der Waals surface area contributed by atoms with Gasteiger partial charge >= 0.3 is 6.03 Å². The SMILES string of the molecule is C[C@@H](CNC(=O)N(Cc1ccc2c(c1)OCO2)C1CC1)Oc1cccnc1. The monoisotopic (exact) mass is 369 g/mol. The quantitative estimate of drug-likeness (QED) is 0.812. The minimum absolute atomic E-state index is 0.0724. The second-order valence-corrected chi connectivity index (χ2v) is 6.85. The fourth-order valence-corrected chi connectivity index (χ4v) is 3.01. The lowest BCUT2D eigenvalue weighted by molar-refractivity contribution is 0.173. The van der Waals surface area contributed by atoms with Gasteiger partial charge in [-0.15, -0.1) is 0 Å². The van der Waals surface area contributed by atoms with Gasteiger partial charge in [0.15, 0.2) is 11.5 Å². The first-order valence-corrected chi connectivity index (χ1v) is 9.19. The predicted molar refractivity (Wildman–Crippen MR) is 98.9 cm³/mol. The van der Waals surface area contributed by atoms with E-state index in [1.807, 2.05) is 42.2 Å². The molecule has 0 saturated heterocycles. The third-order valence-corrected chi connectivity index (χ3v) is 4.55. The van der Waals surface area contributed by atoms with E-state index in [2.05, 4.69) is 10.3 Å². The molecule has 1 fully saturated rings. The highest BCUT2D eigenvalue weighted by atomic mass is 16.7. The van der Waals surface area contributed by atoms with Crippen LogP contribution in [0.4, 0.5) is 4.79 Å². The van der Waals surface area contributed by atoms with E-state index in [-0.39, 0.29) is 18.9 Å². The van der Waals surface area contributed by atoms with Gasteiger partial charge in [0.1, 0.15) is 11.9 Å². The van der Waals surface area contributed by atoms with E-state index >= 15 is 0 Å². The van der Waals surface area contributed by atoms with Crippen LogP contribution in [-0.4, -0.2) is 41.4 Å². The van der Waals surface area contributed by atoms with E-state index in [1.165, 1.54) is 0 Å². The van der Waals surface area contributed by atoms with Gasteiger partial charge in [0, 0.05) is 18.8 Å². The Balaban J connectivity index is 1.32. The number of nitrogens with one attached hydrogen (secondary N) is 1. The first kappa shape index (κ1) is 17.5. The molecular formula is C20H23N3O4. The Morgan fingerprint density at radius 1 is 1.33 bits per heavy atom. The number of hydrogen-bond donors (Lipinski definition) is 1. The minimum Gasteiger partial charge on any atom is -0.487 e. The van der Waals surface area contributed by atoms with E-state index in [9.17, 15) is 4.79 Å². The highest BCUT2D eigenvalue weighted by Crippen LogP contribution is 2.34. The van der Waals surface area contributed by atoms with Gasteiger partial charge in [-0.2, -0.15) is 0 Å². The van der Waals surface area contributed by atoms with Crippen molar-refractivity contribution in [2.45, 2.75) is 38.5 Å². The van der Waals surface area contributed by atoms with Crippen molar-refractivity contribution < 1.29 is 19.0 Å². The van der Waals surface area contributed by atoms with E-state index in [0.717, 1.165) is 29.9 Å². The maximum absolute atomic E-state index is 12.7. The Kier molecular flexibility index (Phi) is 5.00. The Labute approximate surface area is 158 Å². The summed E-state index contributed by atoms with van der Waals surface area (Å²) in [5, 5.41) is 2.98. The molecule has 7 heteroatoms. The van der Waals surface area contributed by atoms with E-state index in [1.54, 1.807) is 12.4 Å². The summed E-state index contributed by atoms with van der Waals surface area (Å²) in [4.78, 5) is 18.6. The van der Waals surface area contributed by atoms with Crippen molar-refractivity contribution in [3.63, 3.8) is 0 Å². The summed E-state index contributed by atoms with van der Waals surface area (Å²) in [5.41, 5.74) is 1.03. The van der Waals surface area contributed by atoms with Gasteiger partial charge in [-0.1, -0.05) is 6.07 Å². The molecule has 142 valence electrons. The molecule has 1 aromatic heterocycles. The van der Waals surface area contributed by atoms with Crippen molar-refractivity contribution in [1.29, 1.82) is 0 Å². The largest absolute Gasteiger partial charge is 0.487 e. The zero-order chi connectivity index (χ0) is 18.6. The highest BCUT2D eigenvalue weighted by molar-refractivity contribution is 5.75. The van der Waals surface area contributed by atoms with Gasteiger partial charge < -0.3 is 24.4 Å². The lowest BCUT2D eigenvalue weighted by Gasteiger charge is -2.24. The number of carbonyl (C=O) groups is 1. The van der Waals surface area contributed by atoms with Crippen LogP contribution in [0.1, 0.15) is 25.3 Å². The number of benzene rings is 1. The second-order valence-electron chi connectivity index (χ2n) is 6.85. The molecule has 0 unspecified atom stereocenters. The number of urea groups is 1. The summed E-state index contributed by atoms with van der Waals surface area (Å²) < 4.78 is 16.5. The van der Waals surface area contributed by atoms with E-state index in [0.29, 0.717) is 24.9 Å². The Hall–Kier alpha value is -2.96. The van der Waals surface area contributed by atoms with Gasteiger partial charge in [0.25, 0.3) is 0 Å². The molecule has 27 heavy (non-hydrogen) atoms. The number of ether oxygens (including phenoxy) is 3. The molecule has 1 N–H and O–H groups in total. The third-order valence-electron chi connectivity index (χ3n) is 4.55. The van der Waals surface area contributed by atoms with Crippen molar-refractivity contribution in [2.75, 3.05) is 13.3 Å². The van der Waals surface area contributed by atoms with Crippen LogP contribution in [-0.2, 0) is 6.54 Å². The molecule has 4 rings (SSSR count). The van der Waals surface area contributed by atoms with Crippen LogP contribution in [0.25, 0.3) is 0 Å². The molecule has 1 saturated carbocycles. The van der Waals surface area contributed by atoms with Gasteiger partial charge in [-0.3, -0.25) is 4.98 Å². The lowest BCUT2D eigenvalue weighted by Crippen LogP contribution is -2.44. The molecule has 1 aliphatic heterocycles. The van der Waals surface area contributed by atoms with Gasteiger partial charge in [-0.05, 0) is 49.6 Å². The summed E-state index contributed by atoms with van der Waals surface area (Å²) in [5.74, 6) is 2.18. The minimum atomic E-state index is -0.148. The molecule has 1 atom stereocenters. The molecule has 0 spiro atoms. The summed E-state index contributed by atoms with van der Waals surface area (Å²) in [7, 11) is 0. The number of pyridine rings is 1. The summed E-state index contributed by atoms with van der Waals surface area (Å²) >= 11 is 0. The summed E-state index contributed by atoms with van der Waals surface area (Å²) in [6, 6.07) is 9.71. The van der Waals surface area contributed by atoms with Crippen LogP contribution < -0.4 is 19.5 Å². The third kappa shape index (κ3) is 4.42. The first-order valence-electron chi connectivity index (χ1n) is 9.19. The number of carbonyl (C=O) groups excluding carboxylic acids is 1. The van der Waals surface area contributed by atoms with Crippen molar-refractivity contribution >= 4 is 6.03 Å². The maximum Gasteiger partial charge on any atom is 0.318 e. The normalized spacial score (nSPS) is 15.9. The van der Waals surface area contributed by atoms with Crippen molar-refractivity contribution in [1.82, 2.24) is 15.2 Å². The van der Waals surface area contributed by atoms with Gasteiger partial charge in [0.05, 0.1) is 12.7 Å². The topological polar surface area (TPSA) is 72.9 Å². The smallest absolute Gasteiger partial charge is 0.318 e. The van der Waals surface area contributed by atoms with Crippen LogP contribution >= 0.6 is 0 Å². The Bertz CT molecular complexity index is 795. The van der Waals surface area contributed by atoms with Crippen molar-refractivity contribution in [2.24, 2.45) is 0 Å².